The number of hydrogen-bond acceptors (Lipinski definition) is 4. The Morgan fingerprint density at radius 1 is 1.47 bits per heavy atom. The maximum absolute atomic E-state index is 11.5. The quantitative estimate of drug-likeness (QED) is 0.543. The number of benzene rings is 1. The van der Waals surface area contributed by atoms with Crippen molar-refractivity contribution in [1.82, 2.24) is 5.32 Å². The molecule has 0 saturated carbocycles. The Kier molecular flexibility index (Phi) is 6.56. The molecule has 1 atom stereocenters. The van der Waals surface area contributed by atoms with E-state index in [1.807, 2.05) is 18.2 Å². The highest BCUT2D eigenvalue weighted by atomic mass is 127. The predicted octanol–water partition coefficient (Wildman–Crippen LogP) is 2.14. The molecule has 0 fully saturated rings. The third-order valence-electron chi connectivity index (χ3n) is 2.29. The van der Waals surface area contributed by atoms with Crippen molar-refractivity contribution in [2.75, 3.05) is 19.0 Å². The number of nitrogens with one attached hydrogen (secondary N) is 2. The highest BCUT2D eigenvalue weighted by Crippen LogP contribution is 2.24. The number of rotatable bonds is 5. The van der Waals surface area contributed by atoms with Crippen molar-refractivity contribution >= 4 is 56.1 Å². The topological polar surface area (TPSA) is 67.4 Å². The minimum absolute atomic E-state index is 0.255. The lowest BCUT2D eigenvalue weighted by Gasteiger charge is -2.17. The fourth-order valence-electron chi connectivity index (χ4n) is 1.43. The van der Waals surface area contributed by atoms with Gasteiger partial charge in [-0.15, -0.1) is 0 Å². The van der Waals surface area contributed by atoms with Gasteiger partial charge in [0.15, 0.2) is 0 Å². The molecule has 1 unspecified atom stereocenters. The van der Waals surface area contributed by atoms with Gasteiger partial charge in [0.1, 0.15) is 6.04 Å². The molecule has 0 aliphatic heterocycles. The number of esters is 1. The van der Waals surface area contributed by atoms with Gasteiger partial charge in [0.2, 0.25) is 5.91 Å². The zero-order chi connectivity index (χ0) is 14.4. The predicted molar refractivity (Wildman–Crippen MR) is 85.0 cm³/mol. The first-order chi connectivity index (χ1) is 8.93. The second-order valence-corrected chi connectivity index (χ2v) is 5.88. The van der Waals surface area contributed by atoms with Crippen molar-refractivity contribution in [3.05, 3.63) is 26.2 Å². The number of ether oxygens (including phenoxy) is 1. The molecule has 0 saturated heterocycles. The van der Waals surface area contributed by atoms with Gasteiger partial charge in [0.05, 0.1) is 7.11 Å². The van der Waals surface area contributed by atoms with Gasteiger partial charge in [-0.2, -0.15) is 0 Å². The van der Waals surface area contributed by atoms with Crippen molar-refractivity contribution in [3.8, 4) is 0 Å². The van der Waals surface area contributed by atoms with E-state index < -0.39 is 12.0 Å². The Morgan fingerprint density at radius 2 is 2.16 bits per heavy atom. The summed E-state index contributed by atoms with van der Waals surface area (Å²) in [4.78, 5) is 22.6. The van der Waals surface area contributed by atoms with E-state index in [4.69, 9.17) is 0 Å². The summed E-state index contributed by atoms with van der Waals surface area (Å²) in [5.74, 6) is -0.761. The molecule has 0 radical (unpaired) electrons. The molecule has 1 rings (SSSR count). The van der Waals surface area contributed by atoms with Crippen LogP contribution in [0.3, 0.4) is 0 Å². The summed E-state index contributed by atoms with van der Waals surface area (Å²) in [6, 6.07) is 5.08. The van der Waals surface area contributed by atoms with Crippen molar-refractivity contribution in [2.24, 2.45) is 0 Å². The minimum atomic E-state index is -0.714. The van der Waals surface area contributed by atoms with Crippen molar-refractivity contribution in [1.29, 1.82) is 0 Å². The third kappa shape index (κ3) is 5.35. The number of methoxy groups -OCH3 is 1. The summed E-state index contributed by atoms with van der Waals surface area (Å²) in [6.07, 6.45) is 0. The monoisotopic (exact) mass is 440 g/mol. The summed E-state index contributed by atoms with van der Waals surface area (Å²) in [5, 5.41) is 5.63. The molecule has 0 bridgehead atoms. The van der Waals surface area contributed by atoms with Crippen LogP contribution in [0.2, 0.25) is 0 Å². The fraction of sp³-hybridized carbons (Fsp3) is 0.333. The van der Waals surface area contributed by atoms with Crippen LogP contribution < -0.4 is 10.6 Å². The van der Waals surface area contributed by atoms with Crippen LogP contribution in [-0.2, 0) is 14.3 Å². The summed E-state index contributed by atoms with van der Waals surface area (Å²) in [7, 11) is 1.29. The van der Waals surface area contributed by atoms with Crippen LogP contribution in [0, 0.1) is 3.57 Å². The number of amides is 1. The van der Waals surface area contributed by atoms with Crippen LogP contribution >= 0.6 is 38.5 Å². The largest absolute Gasteiger partial charge is 0.467 e. The van der Waals surface area contributed by atoms with Crippen LogP contribution in [0.1, 0.15) is 6.92 Å². The first kappa shape index (κ1) is 16.2. The number of halogens is 2. The van der Waals surface area contributed by atoms with E-state index in [-0.39, 0.29) is 12.5 Å². The second-order valence-electron chi connectivity index (χ2n) is 3.78. The van der Waals surface area contributed by atoms with E-state index in [1.165, 1.54) is 14.0 Å². The molecular formula is C12H14BrIN2O3. The zero-order valence-electron chi connectivity index (χ0n) is 10.5. The highest BCUT2D eigenvalue weighted by Gasteiger charge is 2.19. The Bertz CT molecular complexity index is 482. The van der Waals surface area contributed by atoms with Gasteiger partial charge in [-0.05, 0) is 56.7 Å². The van der Waals surface area contributed by atoms with Crippen LogP contribution in [-0.4, -0.2) is 31.6 Å². The Hall–Kier alpha value is -0.830. The maximum Gasteiger partial charge on any atom is 0.330 e. The van der Waals surface area contributed by atoms with E-state index in [9.17, 15) is 9.59 Å². The first-order valence-electron chi connectivity index (χ1n) is 5.48. The van der Waals surface area contributed by atoms with Crippen molar-refractivity contribution in [2.45, 2.75) is 13.0 Å². The molecule has 7 heteroatoms. The lowest BCUT2D eigenvalue weighted by molar-refractivity contribution is -0.144. The number of carbonyl (C=O) groups is 2. The van der Waals surface area contributed by atoms with Crippen LogP contribution in [0.5, 0.6) is 0 Å². The zero-order valence-corrected chi connectivity index (χ0v) is 14.2. The number of carbonyl (C=O) groups excluding carboxylic acids is 2. The minimum Gasteiger partial charge on any atom is -0.467 e. The summed E-state index contributed by atoms with van der Waals surface area (Å²) >= 11 is 5.64. The molecule has 0 aliphatic rings. The van der Waals surface area contributed by atoms with E-state index in [1.54, 1.807) is 0 Å². The van der Waals surface area contributed by atoms with E-state index in [0.717, 1.165) is 13.7 Å². The smallest absolute Gasteiger partial charge is 0.330 e. The van der Waals surface area contributed by atoms with Gasteiger partial charge in [-0.1, -0.05) is 0 Å². The van der Waals surface area contributed by atoms with E-state index >= 15 is 0 Å². The van der Waals surface area contributed by atoms with Gasteiger partial charge in [0, 0.05) is 27.2 Å². The van der Waals surface area contributed by atoms with Crippen LogP contribution in [0.4, 0.5) is 5.69 Å². The van der Waals surface area contributed by atoms with Crippen molar-refractivity contribution in [3.63, 3.8) is 0 Å². The second kappa shape index (κ2) is 7.68. The van der Waals surface area contributed by atoms with Gasteiger partial charge < -0.3 is 15.4 Å². The van der Waals surface area contributed by atoms with Gasteiger partial charge in [-0.3, -0.25) is 4.79 Å². The van der Waals surface area contributed by atoms with Gasteiger partial charge in [-0.25, -0.2) is 4.79 Å². The molecule has 1 amide bonds. The molecule has 0 aliphatic carbocycles. The maximum atomic E-state index is 11.5. The normalized spacial score (nSPS) is 11.6. The molecule has 104 valence electrons. The number of anilines is 1. The molecule has 0 heterocycles. The average Bonchev–Trinajstić information content (AvgIpc) is 2.34. The van der Waals surface area contributed by atoms with Crippen LogP contribution in [0.25, 0.3) is 0 Å². The van der Waals surface area contributed by atoms with Gasteiger partial charge >= 0.3 is 5.97 Å². The Morgan fingerprint density at radius 3 is 2.68 bits per heavy atom. The summed E-state index contributed by atoms with van der Waals surface area (Å²) in [6.45, 7) is 1.61. The number of hydrogen-bond donors (Lipinski definition) is 2. The lowest BCUT2D eigenvalue weighted by atomic mass is 10.2. The molecular weight excluding hydrogens is 427 g/mol. The molecule has 2 N–H and O–H groups in total. The Labute approximate surface area is 133 Å². The molecule has 0 aromatic heterocycles. The lowest BCUT2D eigenvalue weighted by Crippen LogP contribution is -2.45. The van der Waals surface area contributed by atoms with Crippen LogP contribution in [0.15, 0.2) is 22.7 Å². The summed E-state index contributed by atoms with van der Waals surface area (Å²) in [5.41, 5.74) is 0.847. The standard InChI is InChI=1S/C12H14BrIN2O3/c1-7(17)16-11(12(18)19-2)6-15-10-4-3-8(14)5-9(10)13/h3-5,11,15H,6H2,1-2H3,(H,16,17). The third-order valence-corrected chi connectivity index (χ3v) is 3.62. The Balaban J connectivity index is 2.70. The first-order valence-corrected chi connectivity index (χ1v) is 7.35. The van der Waals surface area contributed by atoms with Gasteiger partial charge in [0.25, 0.3) is 0 Å². The molecule has 1 aromatic carbocycles. The average molecular weight is 441 g/mol. The fourth-order valence-corrected chi connectivity index (χ4v) is 2.86. The molecule has 19 heavy (non-hydrogen) atoms. The van der Waals surface area contributed by atoms with Crippen molar-refractivity contribution < 1.29 is 14.3 Å². The summed E-state index contributed by atoms with van der Waals surface area (Å²) < 4.78 is 6.64. The SMILES string of the molecule is COC(=O)C(CNc1ccc(I)cc1Br)NC(C)=O. The molecule has 5 nitrogen and oxygen atoms in total. The molecule has 0 spiro atoms. The van der Waals surface area contributed by atoms with E-state index in [0.29, 0.717) is 0 Å². The highest BCUT2D eigenvalue weighted by molar-refractivity contribution is 14.1. The molecule has 1 aromatic rings. The van der Waals surface area contributed by atoms with E-state index in [2.05, 4.69) is 53.9 Å².